The molecule has 1 aromatic heterocycles. The molecule has 0 radical (unpaired) electrons. The molecule has 2 aromatic carbocycles. The van der Waals surface area contributed by atoms with Crippen molar-refractivity contribution in [3.63, 3.8) is 0 Å². The smallest absolute Gasteiger partial charge is 0.275 e. The van der Waals surface area contributed by atoms with Gasteiger partial charge in [-0.25, -0.2) is 4.68 Å². The van der Waals surface area contributed by atoms with E-state index >= 15 is 0 Å². The van der Waals surface area contributed by atoms with Crippen LogP contribution in [0.2, 0.25) is 0 Å². The molecule has 1 amide bonds. The average molecular weight is 321 g/mol. The summed E-state index contributed by atoms with van der Waals surface area (Å²) in [5, 5.41) is 8.28. The van der Waals surface area contributed by atoms with Crippen molar-refractivity contribution in [3.8, 4) is 0 Å². The quantitative estimate of drug-likeness (QED) is 0.784. The van der Waals surface area contributed by atoms with Gasteiger partial charge in [0.15, 0.2) is 0 Å². The van der Waals surface area contributed by atoms with Crippen LogP contribution in [0.25, 0.3) is 10.8 Å². The lowest BCUT2D eigenvalue weighted by Gasteiger charge is -2.13. The molecular weight excluding hydrogens is 302 g/mol. The Bertz CT molecular complexity index is 903. The Labute approximate surface area is 139 Å². The monoisotopic (exact) mass is 321 g/mol. The van der Waals surface area contributed by atoms with Crippen LogP contribution in [-0.4, -0.2) is 22.2 Å². The van der Waals surface area contributed by atoms with Crippen molar-refractivity contribution >= 4 is 16.7 Å². The fraction of sp³-hybridized carbons (Fsp3) is 0.211. The Balaban J connectivity index is 1.65. The van der Waals surface area contributed by atoms with Crippen molar-refractivity contribution in [2.45, 2.75) is 19.4 Å². The van der Waals surface area contributed by atoms with E-state index < -0.39 is 0 Å². The van der Waals surface area contributed by atoms with E-state index in [1.165, 1.54) is 10.2 Å². The lowest BCUT2D eigenvalue weighted by Crippen LogP contribution is -2.35. The van der Waals surface area contributed by atoms with Crippen molar-refractivity contribution in [1.82, 2.24) is 15.1 Å². The van der Waals surface area contributed by atoms with Crippen LogP contribution in [0.15, 0.2) is 65.6 Å². The molecule has 24 heavy (non-hydrogen) atoms. The third-order valence-electron chi connectivity index (χ3n) is 4.03. The second-order valence-electron chi connectivity index (χ2n) is 5.81. The minimum atomic E-state index is -0.251. The van der Waals surface area contributed by atoms with Crippen LogP contribution < -0.4 is 10.9 Å². The Kier molecular flexibility index (Phi) is 4.70. The molecule has 0 saturated heterocycles. The fourth-order valence-corrected chi connectivity index (χ4v) is 2.60. The molecule has 1 atom stereocenters. The average Bonchev–Trinajstić information content (AvgIpc) is 2.63. The summed E-state index contributed by atoms with van der Waals surface area (Å²) in [5.41, 5.74) is 0.915. The second kappa shape index (κ2) is 7.08. The van der Waals surface area contributed by atoms with E-state index in [9.17, 15) is 9.59 Å². The Hall–Kier alpha value is -2.95. The molecule has 122 valence electrons. The van der Waals surface area contributed by atoms with Crippen molar-refractivity contribution in [1.29, 1.82) is 0 Å². The standard InChI is InChI=1S/C19H19N3O2/c1-14(15-7-3-2-4-8-15)11-20-18(23)13-22-19(24)17-10-6-5-9-16(17)12-21-22/h2-10,12,14H,11,13H2,1H3,(H,20,23)/t14-/m1/s1. The molecule has 0 spiro atoms. The van der Waals surface area contributed by atoms with Crippen LogP contribution in [0.5, 0.6) is 0 Å². The van der Waals surface area contributed by atoms with Gasteiger partial charge in [-0.15, -0.1) is 0 Å². The number of carbonyl (C=O) groups excluding carboxylic acids is 1. The van der Waals surface area contributed by atoms with Crippen molar-refractivity contribution in [2.75, 3.05) is 6.54 Å². The maximum absolute atomic E-state index is 12.3. The highest BCUT2D eigenvalue weighted by molar-refractivity contribution is 5.81. The normalized spacial score (nSPS) is 12.0. The number of nitrogens with zero attached hydrogens (tertiary/aromatic N) is 2. The Morgan fingerprint density at radius 3 is 2.62 bits per heavy atom. The summed E-state index contributed by atoms with van der Waals surface area (Å²) >= 11 is 0. The number of hydrogen-bond acceptors (Lipinski definition) is 3. The molecule has 0 bridgehead atoms. The van der Waals surface area contributed by atoms with Gasteiger partial charge in [0.25, 0.3) is 5.56 Å². The number of nitrogens with one attached hydrogen (secondary N) is 1. The predicted octanol–water partition coefficient (Wildman–Crippen LogP) is 2.32. The van der Waals surface area contributed by atoms with E-state index in [1.807, 2.05) is 42.5 Å². The number of benzene rings is 2. The van der Waals surface area contributed by atoms with Crippen molar-refractivity contribution < 1.29 is 4.79 Å². The first kappa shape index (κ1) is 15.9. The molecule has 0 aliphatic heterocycles. The lowest BCUT2D eigenvalue weighted by atomic mass is 10.0. The molecule has 5 heteroatoms. The summed E-state index contributed by atoms with van der Waals surface area (Å²) in [7, 11) is 0. The molecule has 0 fully saturated rings. The molecule has 1 N–H and O–H groups in total. The predicted molar refractivity (Wildman–Crippen MR) is 93.9 cm³/mol. The van der Waals surface area contributed by atoms with E-state index in [-0.39, 0.29) is 23.9 Å². The van der Waals surface area contributed by atoms with Gasteiger partial charge in [0, 0.05) is 11.9 Å². The van der Waals surface area contributed by atoms with Gasteiger partial charge < -0.3 is 5.32 Å². The minimum Gasteiger partial charge on any atom is -0.354 e. The highest BCUT2D eigenvalue weighted by Gasteiger charge is 2.10. The number of hydrogen-bond donors (Lipinski definition) is 1. The Morgan fingerprint density at radius 2 is 1.83 bits per heavy atom. The number of rotatable bonds is 5. The molecule has 3 aromatic rings. The molecule has 3 rings (SSSR count). The molecule has 0 saturated carbocycles. The third kappa shape index (κ3) is 3.51. The number of amides is 1. The van der Waals surface area contributed by atoms with Crippen LogP contribution in [0.1, 0.15) is 18.4 Å². The lowest BCUT2D eigenvalue weighted by molar-refractivity contribution is -0.121. The zero-order valence-electron chi connectivity index (χ0n) is 13.5. The van der Waals surface area contributed by atoms with Gasteiger partial charge in [0.2, 0.25) is 5.91 Å². The molecule has 0 unspecified atom stereocenters. The van der Waals surface area contributed by atoms with E-state index in [0.29, 0.717) is 11.9 Å². The first-order valence-corrected chi connectivity index (χ1v) is 7.91. The molecule has 5 nitrogen and oxygen atoms in total. The maximum atomic E-state index is 12.3. The zero-order chi connectivity index (χ0) is 16.9. The highest BCUT2D eigenvalue weighted by atomic mass is 16.2. The van der Waals surface area contributed by atoms with Gasteiger partial charge in [-0.2, -0.15) is 5.10 Å². The summed E-state index contributed by atoms with van der Waals surface area (Å²) in [6.07, 6.45) is 1.61. The van der Waals surface area contributed by atoms with Gasteiger partial charge in [0.05, 0.1) is 11.6 Å². The Morgan fingerprint density at radius 1 is 1.12 bits per heavy atom. The number of aromatic nitrogens is 2. The second-order valence-corrected chi connectivity index (χ2v) is 5.81. The first-order chi connectivity index (χ1) is 11.6. The van der Waals surface area contributed by atoms with Gasteiger partial charge >= 0.3 is 0 Å². The van der Waals surface area contributed by atoms with Crippen LogP contribution in [0, 0.1) is 0 Å². The van der Waals surface area contributed by atoms with Gasteiger partial charge in [-0.1, -0.05) is 55.5 Å². The summed E-state index contributed by atoms with van der Waals surface area (Å²) in [5.74, 6) is -0.0147. The topological polar surface area (TPSA) is 64.0 Å². The summed E-state index contributed by atoms with van der Waals surface area (Å²) in [6, 6.07) is 17.2. The maximum Gasteiger partial charge on any atom is 0.275 e. The minimum absolute atomic E-state index is 0.0782. The van der Waals surface area contributed by atoms with Gasteiger partial charge in [0.1, 0.15) is 6.54 Å². The highest BCUT2D eigenvalue weighted by Crippen LogP contribution is 2.12. The van der Waals surface area contributed by atoms with Crippen LogP contribution in [0.3, 0.4) is 0 Å². The van der Waals surface area contributed by atoms with Crippen LogP contribution >= 0.6 is 0 Å². The fourth-order valence-electron chi connectivity index (χ4n) is 2.60. The summed E-state index contributed by atoms with van der Waals surface area (Å²) in [4.78, 5) is 24.5. The van der Waals surface area contributed by atoms with Gasteiger partial charge in [-0.05, 0) is 17.5 Å². The third-order valence-corrected chi connectivity index (χ3v) is 4.03. The van der Waals surface area contributed by atoms with E-state index in [2.05, 4.69) is 17.3 Å². The number of fused-ring (bicyclic) bond motifs is 1. The largest absolute Gasteiger partial charge is 0.354 e. The van der Waals surface area contributed by atoms with Crippen LogP contribution in [-0.2, 0) is 11.3 Å². The van der Waals surface area contributed by atoms with Crippen molar-refractivity contribution in [3.05, 3.63) is 76.7 Å². The summed E-state index contributed by atoms with van der Waals surface area (Å²) in [6.45, 7) is 2.49. The van der Waals surface area contributed by atoms with Crippen LogP contribution in [0.4, 0.5) is 0 Å². The molecule has 1 heterocycles. The van der Waals surface area contributed by atoms with Crippen molar-refractivity contribution in [2.24, 2.45) is 0 Å². The first-order valence-electron chi connectivity index (χ1n) is 7.91. The molecule has 0 aliphatic rings. The van der Waals surface area contributed by atoms with Gasteiger partial charge in [-0.3, -0.25) is 9.59 Å². The SMILES string of the molecule is C[C@H](CNC(=O)Cn1ncc2ccccc2c1=O)c1ccccc1. The molecular formula is C19H19N3O2. The van der Waals surface area contributed by atoms with E-state index in [4.69, 9.17) is 0 Å². The zero-order valence-corrected chi connectivity index (χ0v) is 13.5. The molecule has 0 aliphatic carbocycles. The summed E-state index contributed by atoms with van der Waals surface area (Å²) < 4.78 is 1.20. The van der Waals surface area contributed by atoms with E-state index in [0.717, 1.165) is 5.39 Å². The van der Waals surface area contributed by atoms with E-state index in [1.54, 1.807) is 18.3 Å². The number of carbonyl (C=O) groups is 1.